The fourth-order valence-electron chi connectivity index (χ4n) is 2.95. The van der Waals surface area contributed by atoms with Crippen LogP contribution in [0, 0.1) is 10.1 Å². The van der Waals surface area contributed by atoms with Gasteiger partial charge in [-0.3, -0.25) is 14.9 Å². The molecule has 3 rings (SSSR count). The van der Waals surface area contributed by atoms with Gasteiger partial charge < -0.3 is 0 Å². The molecular weight excluding hydrogens is 342 g/mol. The Labute approximate surface area is 149 Å². The lowest BCUT2D eigenvalue weighted by atomic mass is 9.94. The van der Waals surface area contributed by atoms with Crippen LogP contribution in [0.1, 0.15) is 30.5 Å². The highest BCUT2D eigenvalue weighted by atomic mass is 35.5. The molecule has 0 bridgehead atoms. The Morgan fingerprint density at radius 2 is 1.96 bits per heavy atom. The molecule has 0 saturated carbocycles. The Kier molecular flexibility index (Phi) is 4.55. The van der Waals surface area contributed by atoms with Crippen LogP contribution in [-0.2, 0) is 11.2 Å². The molecule has 7 heteroatoms. The number of non-ortho nitro benzene ring substituents is 1. The minimum atomic E-state index is -0.451. The van der Waals surface area contributed by atoms with E-state index >= 15 is 0 Å². The lowest BCUT2D eigenvalue weighted by molar-refractivity contribution is -0.384. The number of halogens is 1. The van der Waals surface area contributed by atoms with Gasteiger partial charge in [-0.1, -0.05) is 17.7 Å². The van der Waals surface area contributed by atoms with E-state index < -0.39 is 4.92 Å². The summed E-state index contributed by atoms with van der Waals surface area (Å²) in [7, 11) is 0. The minimum absolute atomic E-state index is 0.00100. The normalized spacial score (nSPS) is 16.7. The van der Waals surface area contributed by atoms with Crippen molar-refractivity contribution in [3.63, 3.8) is 0 Å². The molecule has 2 aromatic rings. The molecule has 1 aliphatic heterocycles. The Morgan fingerprint density at radius 1 is 1.28 bits per heavy atom. The Balaban J connectivity index is 2.18. The van der Waals surface area contributed by atoms with Crippen LogP contribution in [0.3, 0.4) is 0 Å². The van der Waals surface area contributed by atoms with E-state index in [0.29, 0.717) is 22.7 Å². The van der Waals surface area contributed by atoms with Gasteiger partial charge in [0.25, 0.3) is 5.69 Å². The summed E-state index contributed by atoms with van der Waals surface area (Å²) in [4.78, 5) is 22.4. The van der Waals surface area contributed by atoms with E-state index in [4.69, 9.17) is 11.6 Å². The molecule has 1 amide bonds. The molecule has 0 aliphatic carbocycles. The fourth-order valence-corrected chi connectivity index (χ4v) is 3.12. The van der Waals surface area contributed by atoms with Gasteiger partial charge in [-0.05, 0) is 43.2 Å². The summed E-state index contributed by atoms with van der Waals surface area (Å²) >= 11 is 6.16. The zero-order chi connectivity index (χ0) is 18.1. The van der Waals surface area contributed by atoms with Crippen LogP contribution in [0.15, 0.2) is 47.6 Å². The fraction of sp³-hybridized carbons (Fsp3) is 0.222. The maximum absolute atomic E-state index is 12.0. The van der Waals surface area contributed by atoms with Gasteiger partial charge in [-0.2, -0.15) is 5.10 Å². The van der Waals surface area contributed by atoms with Crippen LogP contribution in [-0.4, -0.2) is 27.6 Å². The van der Waals surface area contributed by atoms with Crippen molar-refractivity contribution in [1.29, 1.82) is 0 Å². The molecule has 2 aromatic carbocycles. The summed E-state index contributed by atoms with van der Waals surface area (Å²) in [5, 5.41) is 17.4. The third-order valence-electron chi connectivity index (χ3n) is 4.14. The molecule has 0 N–H and O–H groups in total. The Morgan fingerprint density at radius 3 is 2.56 bits per heavy atom. The number of benzene rings is 2. The topological polar surface area (TPSA) is 75.8 Å². The average molecular weight is 358 g/mol. The SMILES string of the molecule is CC(=O)N1N=C(c2ccc([N+](=O)[O-])cc2)c2cc(Cl)ccc2CC1C. The molecule has 0 fully saturated rings. The summed E-state index contributed by atoms with van der Waals surface area (Å²) in [6.45, 7) is 3.40. The van der Waals surface area contributed by atoms with Crippen LogP contribution in [0.4, 0.5) is 5.69 Å². The number of nitrogens with zero attached hydrogens (tertiary/aromatic N) is 3. The van der Waals surface area contributed by atoms with Gasteiger partial charge in [-0.15, -0.1) is 0 Å². The second kappa shape index (κ2) is 6.64. The van der Waals surface area contributed by atoms with Crippen molar-refractivity contribution in [1.82, 2.24) is 5.01 Å². The lowest BCUT2D eigenvalue weighted by Crippen LogP contribution is -2.33. The number of nitro benzene ring substituents is 1. The molecule has 1 unspecified atom stereocenters. The molecule has 0 radical (unpaired) electrons. The molecule has 1 aliphatic rings. The number of carbonyl (C=O) groups is 1. The second-order valence-corrected chi connectivity index (χ2v) is 6.41. The number of rotatable bonds is 2. The predicted octanol–water partition coefficient (Wildman–Crippen LogP) is 3.79. The maximum Gasteiger partial charge on any atom is 0.269 e. The van der Waals surface area contributed by atoms with Gasteiger partial charge in [0.15, 0.2) is 0 Å². The summed E-state index contributed by atoms with van der Waals surface area (Å²) in [6, 6.07) is 11.6. The average Bonchev–Trinajstić information content (AvgIpc) is 2.71. The van der Waals surface area contributed by atoms with Gasteiger partial charge in [0, 0.05) is 35.2 Å². The van der Waals surface area contributed by atoms with E-state index in [9.17, 15) is 14.9 Å². The van der Waals surface area contributed by atoms with Crippen molar-refractivity contribution in [3.05, 3.63) is 74.3 Å². The number of hydrogen-bond donors (Lipinski definition) is 0. The molecule has 6 nitrogen and oxygen atoms in total. The number of fused-ring (bicyclic) bond motifs is 1. The zero-order valence-electron chi connectivity index (χ0n) is 13.8. The van der Waals surface area contributed by atoms with Gasteiger partial charge in [0.1, 0.15) is 0 Å². The first kappa shape index (κ1) is 17.1. The van der Waals surface area contributed by atoms with E-state index in [-0.39, 0.29) is 17.6 Å². The van der Waals surface area contributed by atoms with Crippen LogP contribution in [0.25, 0.3) is 0 Å². The van der Waals surface area contributed by atoms with E-state index in [1.807, 2.05) is 25.1 Å². The minimum Gasteiger partial charge on any atom is -0.273 e. The molecule has 128 valence electrons. The van der Waals surface area contributed by atoms with Crippen molar-refractivity contribution < 1.29 is 9.72 Å². The molecule has 0 spiro atoms. The van der Waals surface area contributed by atoms with Gasteiger partial charge in [-0.25, -0.2) is 5.01 Å². The standard InChI is InChI=1S/C18H16ClN3O3/c1-11-9-14-3-6-15(19)10-17(14)18(20-21(11)12(2)23)13-4-7-16(8-5-13)22(24)25/h3-8,10-11H,9H2,1-2H3. The first-order valence-electron chi connectivity index (χ1n) is 7.79. The number of amides is 1. The lowest BCUT2D eigenvalue weighted by Gasteiger charge is -2.21. The summed E-state index contributed by atoms with van der Waals surface area (Å²) in [5.41, 5.74) is 3.12. The van der Waals surface area contributed by atoms with Crippen LogP contribution in [0.2, 0.25) is 5.02 Å². The Bertz CT molecular complexity index is 878. The molecule has 1 heterocycles. The summed E-state index contributed by atoms with van der Waals surface area (Å²) in [6.07, 6.45) is 0.645. The van der Waals surface area contributed by atoms with Gasteiger partial charge >= 0.3 is 0 Å². The molecule has 0 saturated heterocycles. The predicted molar refractivity (Wildman–Crippen MR) is 95.9 cm³/mol. The largest absolute Gasteiger partial charge is 0.273 e. The summed E-state index contributed by atoms with van der Waals surface area (Å²) in [5.74, 6) is -0.161. The molecule has 1 atom stereocenters. The molecule has 25 heavy (non-hydrogen) atoms. The van der Waals surface area contributed by atoms with E-state index in [1.54, 1.807) is 12.1 Å². The van der Waals surface area contributed by atoms with Crippen LogP contribution in [0.5, 0.6) is 0 Å². The van der Waals surface area contributed by atoms with Crippen molar-refractivity contribution in [3.8, 4) is 0 Å². The third kappa shape index (κ3) is 3.39. The second-order valence-electron chi connectivity index (χ2n) is 5.97. The monoisotopic (exact) mass is 357 g/mol. The number of nitro groups is 1. The van der Waals surface area contributed by atoms with Crippen LogP contribution < -0.4 is 0 Å². The van der Waals surface area contributed by atoms with Gasteiger partial charge in [0.05, 0.1) is 16.7 Å². The number of hydrogen-bond acceptors (Lipinski definition) is 4. The highest BCUT2D eigenvalue weighted by molar-refractivity contribution is 6.31. The van der Waals surface area contributed by atoms with Crippen LogP contribution >= 0.6 is 11.6 Å². The molecular formula is C18H16ClN3O3. The highest BCUT2D eigenvalue weighted by Gasteiger charge is 2.25. The first-order valence-corrected chi connectivity index (χ1v) is 8.16. The van der Waals surface area contributed by atoms with E-state index in [1.165, 1.54) is 24.1 Å². The first-order chi connectivity index (χ1) is 11.9. The smallest absolute Gasteiger partial charge is 0.269 e. The zero-order valence-corrected chi connectivity index (χ0v) is 14.5. The van der Waals surface area contributed by atoms with Crippen molar-refractivity contribution in [2.75, 3.05) is 0 Å². The summed E-state index contributed by atoms with van der Waals surface area (Å²) < 4.78 is 0. The molecule has 0 aromatic heterocycles. The van der Waals surface area contributed by atoms with Crippen molar-refractivity contribution >= 4 is 28.9 Å². The Hall–Kier alpha value is -2.73. The quantitative estimate of drug-likeness (QED) is 0.606. The third-order valence-corrected chi connectivity index (χ3v) is 4.38. The highest BCUT2D eigenvalue weighted by Crippen LogP contribution is 2.27. The maximum atomic E-state index is 12.0. The van der Waals surface area contributed by atoms with Gasteiger partial charge in [0.2, 0.25) is 5.91 Å². The van der Waals surface area contributed by atoms with Crippen molar-refractivity contribution in [2.24, 2.45) is 5.10 Å². The van der Waals surface area contributed by atoms with Crippen molar-refractivity contribution in [2.45, 2.75) is 26.3 Å². The number of carbonyl (C=O) groups excluding carboxylic acids is 1. The van der Waals surface area contributed by atoms with E-state index in [2.05, 4.69) is 5.10 Å². The number of hydrazone groups is 1. The van der Waals surface area contributed by atoms with E-state index in [0.717, 1.165) is 11.1 Å².